The summed E-state index contributed by atoms with van der Waals surface area (Å²) in [6, 6.07) is 5.70. The minimum absolute atomic E-state index is 0.00556. The first-order valence-electron chi connectivity index (χ1n) is 10.3. The van der Waals surface area contributed by atoms with Gasteiger partial charge in [-0.05, 0) is 24.1 Å². The maximum atomic E-state index is 13.3. The van der Waals surface area contributed by atoms with Crippen molar-refractivity contribution < 1.29 is 14.3 Å². The molecule has 2 bridgehead atoms. The van der Waals surface area contributed by atoms with Gasteiger partial charge in [-0.25, -0.2) is 0 Å². The van der Waals surface area contributed by atoms with Gasteiger partial charge in [0.1, 0.15) is 5.60 Å². The van der Waals surface area contributed by atoms with E-state index in [9.17, 15) is 9.59 Å². The van der Waals surface area contributed by atoms with E-state index in [0.717, 1.165) is 18.5 Å². The van der Waals surface area contributed by atoms with E-state index in [0.29, 0.717) is 19.6 Å². The van der Waals surface area contributed by atoms with Crippen molar-refractivity contribution in [1.82, 2.24) is 24.6 Å². The number of amides is 2. The van der Waals surface area contributed by atoms with E-state index >= 15 is 0 Å². The number of hydrogen-bond acceptors (Lipinski definition) is 5. The van der Waals surface area contributed by atoms with Gasteiger partial charge < -0.3 is 14.5 Å². The van der Waals surface area contributed by atoms with Gasteiger partial charge in [0.15, 0.2) is 0 Å². The van der Waals surface area contributed by atoms with Crippen LogP contribution in [0.2, 0.25) is 0 Å². The van der Waals surface area contributed by atoms with Crippen LogP contribution in [0.4, 0.5) is 0 Å². The monoisotopic (exact) mass is 407 g/mol. The maximum Gasteiger partial charge on any atom is 0.230 e. The van der Waals surface area contributed by atoms with Crippen LogP contribution in [0.1, 0.15) is 12.0 Å². The second kappa shape index (κ2) is 7.36. The second-order valence-corrected chi connectivity index (χ2v) is 8.34. The lowest BCUT2D eigenvalue weighted by Crippen LogP contribution is -2.45. The van der Waals surface area contributed by atoms with Crippen molar-refractivity contribution >= 4 is 11.8 Å². The first-order chi connectivity index (χ1) is 14.6. The fourth-order valence-corrected chi connectivity index (χ4v) is 4.97. The number of nitrogens with zero attached hydrogens (tertiary/aromatic N) is 5. The van der Waals surface area contributed by atoms with Crippen molar-refractivity contribution in [1.29, 1.82) is 0 Å². The van der Waals surface area contributed by atoms with E-state index in [2.05, 4.69) is 10.1 Å². The van der Waals surface area contributed by atoms with Crippen molar-refractivity contribution in [2.45, 2.75) is 31.2 Å². The highest BCUT2D eigenvalue weighted by Gasteiger charge is 2.67. The minimum atomic E-state index is -0.680. The summed E-state index contributed by atoms with van der Waals surface area (Å²) < 4.78 is 8.07. The van der Waals surface area contributed by atoms with Crippen LogP contribution < -0.4 is 0 Å². The lowest BCUT2D eigenvalue weighted by atomic mass is 9.76. The highest BCUT2D eigenvalue weighted by atomic mass is 16.5. The summed E-state index contributed by atoms with van der Waals surface area (Å²) in [5, 5.41) is 4.19. The van der Waals surface area contributed by atoms with Crippen LogP contribution in [0.3, 0.4) is 0 Å². The SMILES string of the molecule is CN(CCCn1cccn1)C(=O)[C@H]1[C@@H]2C=C[C@@]3(CN(Cc4cccnc4)C(=O)[C@@H]13)O2. The summed E-state index contributed by atoms with van der Waals surface area (Å²) in [4.78, 5) is 34.2. The smallest absolute Gasteiger partial charge is 0.230 e. The van der Waals surface area contributed by atoms with Crippen molar-refractivity contribution in [3.05, 3.63) is 60.7 Å². The zero-order valence-electron chi connectivity index (χ0n) is 16.9. The first kappa shape index (κ1) is 19.0. The van der Waals surface area contributed by atoms with E-state index in [4.69, 9.17) is 4.74 Å². The summed E-state index contributed by atoms with van der Waals surface area (Å²) in [6.07, 6.45) is 11.6. The Morgan fingerprint density at radius 3 is 3.03 bits per heavy atom. The number of aryl methyl sites for hydroxylation is 1. The Labute approximate surface area is 175 Å². The molecule has 3 aliphatic heterocycles. The molecule has 0 N–H and O–H groups in total. The van der Waals surface area contributed by atoms with Gasteiger partial charge in [0, 0.05) is 51.5 Å². The molecule has 2 aromatic heterocycles. The summed E-state index contributed by atoms with van der Waals surface area (Å²) in [5.41, 5.74) is 0.291. The Kier molecular flexibility index (Phi) is 4.66. The van der Waals surface area contributed by atoms with E-state index in [1.807, 2.05) is 41.2 Å². The van der Waals surface area contributed by atoms with E-state index in [1.54, 1.807) is 35.4 Å². The molecule has 3 aliphatic rings. The highest BCUT2D eigenvalue weighted by Crippen LogP contribution is 2.52. The predicted octanol–water partition coefficient (Wildman–Crippen LogP) is 1.11. The van der Waals surface area contributed by atoms with Crippen molar-refractivity contribution in [2.75, 3.05) is 20.1 Å². The molecule has 8 nitrogen and oxygen atoms in total. The van der Waals surface area contributed by atoms with Gasteiger partial charge in [0.25, 0.3) is 0 Å². The average molecular weight is 407 g/mol. The van der Waals surface area contributed by atoms with Gasteiger partial charge in [-0.3, -0.25) is 19.3 Å². The van der Waals surface area contributed by atoms with E-state index in [1.165, 1.54) is 0 Å². The molecule has 0 radical (unpaired) electrons. The Morgan fingerprint density at radius 1 is 1.37 bits per heavy atom. The molecule has 30 heavy (non-hydrogen) atoms. The molecule has 4 atom stereocenters. The van der Waals surface area contributed by atoms with Crippen molar-refractivity contribution in [3.8, 4) is 0 Å². The molecule has 156 valence electrons. The van der Waals surface area contributed by atoms with Gasteiger partial charge in [-0.15, -0.1) is 0 Å². The summed E-state index contributed by atoms with van der Waals surface area (Å²) in [5.74, 6) is -0.941. The van der Waals surface area contributed by atoms with Crippen LogP contribution in [0.15, 0.2) is 55.1 Å². The molecule has 5 heterocycles. The number of carbonyl (C=O) groups is 2. The Balaban J connectivity index is 1.27. The number of pyridine rings is 1. The van der Waals surface area contributed by atoms with Crippen LogP contribution >= 0.6 is 0 Å². The number of rotatable bonds is 7. The van der Waals surface area contributed by atoms with E-state index < -0.39 is 17.4 Å². The molecule has 0 unspecified atom stereocenters. The molecule has 1 spiro atoms. The lowest BCUT2D eigenvalue weighted by molar-refractivity contribution is -0.142. The van der Waals surface area contributed by atoms with Crippen molar-refractivity contribution in [3.63, 3.8) is 0 Å². The molecule has 0 aliphatic carbocycles. The first-order valence-corrected chi connectivity index (χ1v) is 10.3. The largest absolute Gasteiger partial charge is 0.360 e. The normalized spacial score (nSPS) is 28.9. The lowest BCUT2D eigenvalue weighted by Gasteiger charge is -2.27. The molecule has 0 aromatic carbocycles. The average Bonchev–Trinajstić information content (AvgIpc) is 3.51. The molecule has 5 rings (SSSR count). The van der Waals surface area contributed by atoms with Gasteiger partial charge in [0.2, 0.25) is 11.8 Å². The third-order valence-electron chi connectivity index (χ3n) is 6.38. The molecule has 8 heteroatoms. The summed E-state index contributed by atoms with van der Waals surface area (Å²) >= 11 is 0. The quantitative estimate of drug-likeness (QED) is 0.643. The Hall–Kier alpha value is -3.00. The second-order valence-electron chi connectivity index (χ2n) is 8.34. The van der Waals surface area contributed by atoms with Crippen LogP contribution in [0.5, 0.6) is 0 Å². The van der Waals surface area contributed by atoms with Crippen LogP contribution in [0, 0.1) is 11.8 Å². The topological polar surface area (TPSA) is 80.6 Å². The molecule has 2 amide bonds. The van der Waals surface area contributed by atoms with Crippen LogP contribution in [-0.2, 0) is 27.4 Å². The Bertz CT molecular complexity index is 960. The molecule has 2 aromatic rings. The molecule has 2 saturated heterocycles. The third-order valence-corrected chi connectivity index (χ3v) is 6.38. The van der Waals surface area contributed by atoms with Gasteiger partial charge >= 0.3 is 0 Å². The number of likely N-dealkylation sites (tertiary alicyclic amines) is 1. The standard InChI is InChI=1S/C22H25N5O3/c1-25(10-4-12-27-11-3-9-24-27)20(28)18-17-6-7-22(30-17)15-26(21(29)19(18)22)14-16-5-2-8-23-13-16/h2-3,5-9,11,13,17-19H,4,10,12,14-15H2,1H3/t17-,18-,19+,22-/m0/s1. The molecule has 2 fully saturated rings. The minimum Gasteiger partial charge on any atom is -0.360 e. The Morgan fingerprint density at radius 2 is 2.27 bits per heavy atom. The van der Waals surface area contributed by atoms with Crippen LogP contribution in [0.25, 0.3) is 0 Å². The number of fused-ring (bicyclic) bond motifs is 1. The zero-order chi connectivity index (χ0) is 20.7. The number of aromatic nitrogens is 3. The molecule has 0 saturated carbocycles. The number of carbonyl (C=O) groups excluding carboxylic acids is 2. The fraction of sp³-hybridized carbons (Fsp3) is 0.455. The van der Waals surface area contributed by atoms with E-state index in [-0.39, 0.29) is 17.9 Å². The molecular formula is C22H25N5O3. The third kappa shape index (κ3) is 3.11. The van der Waals surface area contributed by atoms with Gasteiger partial charge in [-0.2, -0.15) is 5.10 Å². The maximum absolute atomic E-state index is 13.3. The summed E-state index contributed by atoms with van der Waals surface area (Å²) in [6.45, 7) is 2.32. The number of ether oxygens (including phenoxy) is 1. The zero-order valence-corrected chi connectivity index (χ0v) is 16.9. The van der Waals surface area contributed by atoms with Crippen molar-refractivity contribution in [2.24, 2.45) is 11.8 Å². The predicted molar refractivity (Wildman–Crippen MR) is 108 cm³/mol. The van der Waals surface area contributed by atoms with Crippen LogP contribution in [-0.4, -0.2) is 68.2 Å². The highest BCUT2D eigenvalue weighted by molar-refractivity contribution is 5.93. The summed E-state index contributed by atoms with van der Waals surface area (Å²) in [7, 11) is 1.81. The van der Waals surface area contributed by atoms with Gasteiger partial charge in [0.05, 0.1) is 24.5 Å². The fourth-order valence-electron chi connectivity index (χ4n) is 4.97. The number of hydrogen-bond donors (Lipinski definition) is 0. The molecular weight excluding hydrogens is 382 g/mol. The van der Waals surface area contributed by atoms with Gasteiger partial charge in [-0.1, -0.05) is 18.2 Å².